The molecule has 1 aromatic carbocycles. The van der Waals surface area contributed by atoms with Crippen LogP contribution < -0.4 is 16.0 Å². The molecule has 19 heteroatoms. The first kappa shape index (κ1) is 49.9. The molecule has 4 aliphatic rings. The number of rotatable bonds is 10. The van der Waals surface area contributed by atoms with Crippen molar-refractivity contribution in [3.63, 3.8) is 0 Å². The molecular weight excluding hydrogens is 866 g/mol. The zero-order valence-electron chi connectivity index (χ0n) is 36.8. The fourth-order valence-corrected chi connectivity index (χ4v) is 9.56. The molecule has 2 aliphatic heterocycles. The zero-order valence-corrected chi connectivity index (χ0v) is 38.3. The summed E-state index contributed by atoms with van der Waals surface area (Å²) in [6, 6.07) is -1.05. The molecule has 5 atom stereocenters. The highest BCUT2D eigenvalue weighted by Gasteiger charge is 2.62. The molecule has 2 heterocycles. The summed E-state index contributed by atoms with van der Waals surface area (Å²) in [7, 11) is 4.44. The number of halogens is 5. The number of likely N-dealkylation sites (tertiary alicyclic amines) is 1. The average Bonchev–Trinajstić information content (AvgIpc) is 3.96. The van der Waals surface area contributed by atoms with Crippen molar-refractivity contribution in [2.75, 3.05) is 40.8 Å². The Morgan fingerprint density at radius 1 is 0.921 bits per heavy atom. The van der Waals surface area contributed by atoms with Gasteiger partial charge in [-0.1, -0.05) is 56.3 Å². The van der Waals surface area contributed by atoms with Crippen LogP contribution in [0.4, 0.5) is 13.2 Å². The van der Waals surface area contributed by atoms with Crippen LogP contribution in [0.1, 0.15) is 103 Å². The molecule has 63 heavy (non-hydrogen) atoms. The highest BCUT2D eigenvalue weighted by molar-refractivity contribution is 6.33. The standard InChI is InChI=1S/C44H62Cl2F3N7O7/c1-26(2)22-31-40(61)55(5)34(24-28-23-29(45)16-17-30(28)46)37(58)50-25-35(57)53(3)20-10-7-12-32(38(59)51-31)54(4)41(62)36(27-14-15-27)52-39(60)33-13-11-21-56(33)42(63)43(44(47,48)49)18-8-6-9-19-43/h16-17,23,26-27,31-34,36H,6-15,18-22,24-25H2,1-5H3,(H,50,58)(H,51,59)(H,52,60)/t31-,32-,33-,34-,36-/m0/s1. The number of hydrogen-bond donors (Lipinski definition) is 3. The Morgan fingerprint density at radius 3 is 2.24 bits per heavy atom. The molecule has 4 fully saturated rings. The third-order valence-electron chi connectivity index (χ3n) is 13.2. The second kappa shape index (κ2) is 21.2. The van der Waals surface area contributed by atoms with Gasteiger partial charge in [-0.15, -0.1) is 0 Å². The zero-order chi connectivity index (χ0) is 46.4. The van der Waals surface area contributed by atoms with Crippen LogP contribution in [0, 0.1) is 17.3 Å². The SMILES string of the molecule is CC(C)C[C@@H]1NC(=O)[C@@H](N(C)C(=O)[C@@H](NC(=O)[C@@H]2CCCN2C(=O)C2(C(F)(F)F)CCCCC2)C2CC2)CCCCN(C)C(=O)CNC(=O)[C@H](Cc2cc(Cl)ccc2Cl)N(C)C1=O. The molecule has 0 aromatic heterocycles. The summed E-state index contributed by atoms with van der Waals surface area (Å²) < 4.78 is 43.7. The minimum Gasteiger partial charge on any atom is -0.345 e. The molecule has 2 saturated carbocycles. The predicted molar refractivity (Wildman–Crippen MR) is 230 cm³/mol. The van der Waals surface area contributed by atoms with E-state index in [4.69, 9.17) is 23.2 Å². The van der Waals surface area contributed by atoms with Gasteiger partial charge in [0.2, 0.25) is 41.4 Å². The van der Waals surface area contributed by atoms with Crippen molar-refractivity contribution >= 4 is 64.6 Å². The molecule has 0 radical (unpaired) electrons. The van der Waals surface area contributed by atoms with E-state index in [1.54, 1.807) is 25.2 Å². The molecule has 2 saturated heterocycles. The largest absolute Gasteiger partial charge is 0.403 e. The first-order valence-electron chi connectivity index (χ1n) is 22.1. The molecule has 3 N–H and O–H groups in total. The van der Waals surface area contributed by atoms with Gasteiger partial charge in [-0.2, -0.15) is 13.2 Å². The average molecular weight is 929 g/mol. The number of carbonyl (C=O) groups excluding carboxylic acids is 7. The maximum Gasteiger partial charge on any atom is 0.403 e. The van der Waals surface area contributed by atoms with E-state index in [0.29, 0.717) is 54.1 Å². The maximum absolute atomic E-state index is 14.6. The molecule has 14 nitrogen and oxygen atoms in total. The van der Waals surface area contributed by atoms with Crippen molar-refractivity contribution < 1.29 is 46.7 Å². The van der Waals surface area contributed by atoms with Crippen LogP contribution in [0.5, 0.6) is 0 Å². The Morgan fingerprint density at radius 2 is 1.60 bits per heavy atom. The Kier molecular flexibility index (Phi) is 16.8. The predicted octanol–water partition coefficient (Wildman–Crippen LogP) is 4.88. The molecule has 350 valence electrons. The topological polar surface area (TPSA) is 169 Å². The third kappa shape index (κ3) is 12.0. The van der Waals surface area contributed by atoms with Crippen LogP contribution in [0.25, 0.3) is 0 Å². The lowest BCUT2D eigenvalue weighted by atomic mass is 9.72. The van der Waals surface area contributed by atoms with E-state index >= 15 is 0 Å². The fourth-order valence-electron chi connectivity index (χ4n) is 9.17. The van der Waals surface area contributed by atoms with E-state index in [0.717, 1.165) is 4.90 Å². The smallest absolute Gasteiger partial charge is 0.345 e. The van der Waals surface area contributed by atoms with Gasteiger partial charge in [0.1, 0.15) is 35.6 Å². The van der Waals surface area contributed by atoms with Crippen LogP contribution >= 0.6 is 23.2 Å². The molecule has 5 rings (SSSR count). The summed E-state index contributed by atoms with van der Waals surface area (Å²) in [5.41, 5.74) is -2.08. The van der Waals surface area contributed by atoms with Crippen LogP contribution in [-0.2, 0) is 40.0 Å². The number of nitrogens with zero attached hydrogens (tertiary/aromatic N) is 4. The highest BCUT2D eigenvalue weighted by atomic mass is 35.5. The Balaban J connectivity index is 1.40. The van der Waals surface area contributed by atoms with Crippen LogP contribution in [0.15, 0.2) is 18.2 Å². The number of nitrogens with one attached hydrogen (secondary N) is 3. The second-order valence-electron chi connectivity index (χ2n) is 18.2. The lowest BCUT2D eigenvalue weighted by Crippen LogP contribution is -2.61. The maximum atomic E-state index is 14.6. The van der Waals surface area contributed by atoms with E-state index in [1.165, 1.54) is 28.8 Å². The quantitative estimate of drug-likeness (QED) is 0.301. The summed E-state index contributed by atoms with van der Waals surface area (Å²) >= 11 is 12.7. The van der Waals surface area contributed by atoms with Gasteiger partial charge in [0, 0.05) is 50.7 Å². The van der Waals surface area contributed by atoms with Crippen LogP contribution in [0.3, 0.4) is 0 Å². The van der Waals surface area contributed by atoms with Gasteiger partial charge in [-0.05, 0) is 99.8 Å². The van der Waals surface area contributed by atoms with Crippen molar-refractivity contribution in [3.05, 3.63) is 33.8 Å². The number of amides is 7. The normalized spacial score (nSPS) is 25.1. The van der Waals surface area contributed by atoms with Crippen molar-refractivity contribution in [1.29, 1.82) is 0 Å². The van der Waals surface area contributed by atoms with Gasteiger partial charge in [-0.3, -0.25) is 33.6 Å². The minimum absolute atomic E-state index is 0.00898. The second-order valence-corrected chi connectivity index (χ2v) is 19.1. The van der Waals surface area contributed by atoms with Crippen LogP contribution in [-0.4, -0.2) is 138 Å². The summed E-state index contributed by atoms with van der Waals surface area (Å²) in [4.78, 5) is 103. The van der Waals surface area contributed by atoms with Crippen molar-refractivity contribution in [2.45, 2.75) is 140 Å². The summed E-state index contributed by atoms with van der Waals surface area (Å²) in [6.45, 7) is 3.65. The van der Waals surface area contributed by atoms with Crippen molar-refractivity contribution in [1.82, 2.24) is 35.6 Å². The summed E-state index contributed by atoms with van der Waals surface area (Å²) in [6.07, 6.45) is -1.71. The molecule has 0 unspecified atom stereocenters. The highest BCUT2D eigenvalue weighted by Crippen LogP contribution is 2.51. The van der Waals surface area contributed by atoms with Crippen LogP contribution in [0.2, 0.25) is 10.0 Å². The number of alkyl halides is 3. The first-order chi connectivity index (χ1) is 29.7. The number of likely N-dealkylation sites (N-methyl/N-ethyl adjacent to an activating group) is 3. The van der Waals surface area contributed by atoms with Gasteiger partial charge in [0.15, 0.2) is 0 Å². The number of hydrogen-bond acceptors (Lipinski definition) is 7. The van der Waals surface area contributed by atoms with Gasteiger partial charge in [0.25, 0.3) is 0 Å². The Labute approximate surface area is 377 Å². The fraction of sp³-hybridized carbons (Fsp3) is 0.705. The van der Waals surface area contributed by atoms with E-state index in [1.807, 2.05) is 13.8 Å². The molecule has 0 spiro atoms. The monoisotopic (exact) mass is 927 g/mol. The van der Waals surface area contributed by atoms with Crippen molar-refractivity contribution in [3.8, 4) is 0 Å². The van der Waals surface area contributed by atoms with Gasteiger partial charge < -0.3 is 35.6 Å². The lowest BCUT2D eigenvalue weighted by molar-refractivity contribution is -0.236. The molecular formula is C44H62Cl2F3N7O7. The molecule has 0 bridgehead atoms. The minimum atomic E-state index is -4.78. The van der Waals surface area contributed by atoms with Crippen molar-refractivity contribution in [2.24, 2.45) is 17.3 Å². The lowest BCUT2D eigenvalue weighted by Gasteiger charge is -2.41. The third-order valence-corrected chi connectivity index (χ3v) is 13.8. The van der Waals surface area contributed by atoms with Gasteiger partial charge >= 0.3 is 6.18 Å². The first-order valence-corrected chi connectivity index (χ1v) is 22.9. The Hall–Kier alpha value is -4.12. The Bertz CT molecular complexity index is 1880. The van der Waals surface area contributed by atoms with Gasteiger partial charge in [0.05, 0.1) is 6.54 Å². The van der Waals surface area contributed by atoms with Gasteiger partial charge in [-0.25, -0.2) is 0 Å². The number of benzene rings is 1. The summed E-state index contributed by atoms with van der Waals surface area (Å²) in [5.74, 6) is -5.08. The molecule has 1 aromatic rings. The van der Waals surface area contributed by atoms with E-state index in [9.17, 15) is 46.7 Å². The molecule has 7 amide bonds. The summed E-state index contributed by atoms with van der Waals surface area (Å²) in [5, 5.41) is 8.99. The molecule has 2 aliphatic carbocycles. The van der Waals surface area contributed by atoms with E-state index in [-0.39, 0.29) is 88.7 Å². The van der Waals surface area contributed by atoms with E-state index in [2.05, 4.69) is 16.0 Å². The number of carbonyl (C=O) groups is 7. The van der Waals surface area contributed by atoms with E-state index < -0.39 is 77.2 Å².